The summed E-state index contributed by atoms with van der Waals surface area (Å²) in [6.07, 6.45) is 1.18. The minimum absolute atomic E-state index is 0.210. The fourth-order valence-corrected chi connectivity index (χ4v) is 2.81. The Morgan fingerprint density at radius 1 is 1.35 bits per heavy atom. The van der Waals surface area contributed by atoms with Crippen molar-refractivity contribution in [2.45, 2.75) is 30.8 Å². The Balaban J connectivity index is 2.12. The lowest BCUT2D eigenvalue weighted by Gasteiger charge is -2.10. The molecule has 1 heterocycles. The third-order valence-corrected chi connectivity index (χ3v) is 4.15. The van der Waals surface area contributed by atoms with Gasteiger partial charge in [0.1, 0.15) is 6.10 Å². The Labute approximate surface area is 102 Å². The van der Waals surface area contributed by atoms with E-state index < -0.39 is 10.1 Å². The molecular weight excluding hydrogens is 240 g/mol. The highest BCUT2D eigenvalue weighted by Gasteiger charge is 2.24. The van der Waals surface area contributed by atoms with Gasteiger partial charge in [-0.25, -0.2) is 0 Å². The molecule has 0 bridgehead atoms. The van der Waals surface area contributed by atoms with E-state index in [1.54, 1.807) is 24.3 Å². The average molecular weight is 256 g/mol. The van der Waals surface area contributed by atoms with E-state index in [-0.39, 0.29) is 11.0 Å². The highest BCUT2D eigenvalue weighted by Crippen LogP contribution is 2.19. The summed E-state index contributed by atoms with van der Waals surface area (Å²) < 4.78 is 34.0. The average Bonchev–Trinajstić information content (AvgIpc) is 2.81. The first-order valence-electron chi connectivity index (χ1n) is 5.72. The van der Waals surface area contributed by atoms with E-state index in [1.165, 1.54) is 0 Å². The molecule has 1 saturated heterocycles. The lowest BCUT2D eigenvalue weighted by molar-refractivity contribution is 0.145. The quantitative estimate of drug-likeness (QED) is 0.770. The molecule has 1 aliphatic rings. The molecule has 2 rings (SSSR count). The Hall–Kier alpha value is -0.910. The fraction of sp³-hybridized carbons (Fsp3) is 0.500. The summed E-state index contributed by atoms with van der Waals surface area (Å²) in [4.78, 5) is 0.210. The summed E-state index contributed by atoms with van der Waals surface area (Å²) >= 11 is 0. The molecule has 94 valence electrons. The van der Waals surface area contributed by atoms with E-state index in [0.29, 0.717) is 19.6 Å². The van der Waals surface area contributed by atoms with Gasteiger partial charge in [0.05, 0.1) is 11.5 Å². The van der Waals surface area contributed by atoms with Crippen LogP contribution in [0.5, 0.6) is 0 Å². The summed E-state index contributed by atoms with van der Waals surface area (Å²) in [5, 5.41) is 0. The van der Waals surface area contributed by atoms with Gasteiger partial charge in [-0.3, -0.25) is 4.18 Å². The largest absolute Gasteiger partial charge is 0.379 e. The standard InChI is InChI=1S/C12H16O4S/c1-2-10-3-5-12(6-4-10)17(13,14)16-11-7-8-15-9-11/h3-6,11H,2,7-9H2,1H3/t11-/m1/s1. The number of hydrogen-bond acceptors (Lipinski definition) is 4. The molecule has 0 N–H and O–H groups in total. The van der Waals surface area contributed by atoms with E-state index in [2.05, 4.69) is 0 Å². The zero-order valence-corrected chi connectivity index (χ0v) is 10.6. The van der Waals surface area contributed by atoms with Gasteiger partial charge in [-0.2, -0.15) is 8.42 Å². The molecular formula is C12H16O4S. The summed E-state index contributed by atoms with van der Waals surface area (Å²) in [6.45, 7) is 2.94. The van der Waals surface area contributed by atoms with Crippen LogP contribution in [0, 0.1) is 0 Å². The molecule has 1 atom stereocenters. The number of ether oxygens (including phenoxy) is 1. The third kappa shape index (κ3) is 3.06. The molecule has 1 aliphatic heterocycles. The molecule has 5 heteroatoms. The van der Waals surface area contributed by atoms with E-state index in [0.717, 1.165) is 12.0 Å². The van der Waals surface area contributed by atoms with Gasteiger partial charge in [0.2, 0.25) is 0 Å². The van der Waals surface area contributed by atoms with Gasteiger partial charge in [0.25, 0.3) is 10.1 Å². The zero-order chi connectivity index (χ0) is 12.3. The molecule has 1 aromatic carbocycles. The molecule has 4 nitrogen and oxygen atoms in total. The molecule has 1 fully saturated rings. The SMILES string of the molecule is CCc1ccc(S(=O)(=O)O[C@@H]2CCOC2)cc1. The molecule has 0 aromatic heterocycles. The predicted octanol–water partition coefficient (Wildman–Crippen LogP) is 1.74. The van der Waals surface area contributed by atoms with Crippen LogP contribution in [0.15, 0.2) is 29.2 Å². The Morgan fingerprint density at radius 3 is 2.59 bits per heavy atom. The Kier molecular flexibility index (Phi) is 3.81. The van der Waals surface area contributed by atoms with Crippen molar-refractivity contribution in [3.8, 4) is 0 Å². The van der Waals surface area contributed by atoms with Crippen molar-refractivity contribution in [2.24, 2.45) is 0 Å². The maximum Gasteiger partial charge on any atom is 0.297 e. The highest BCUT2D eigenvalue weighted by atomic mass is 32.2. The van der Waals surface area contributed by atoms with Crippen LogP contribution in [0.3, 0.4) is 0 Å². The normalized spacial score (nSPS) is 20.6. The van der Waals surface area contributed by atoms with Gasteiger partial charge in [-0.15, -0.1) is 0 Å². The number of aryl methyl sites for hydroxylation is 1. The Bertz CT molecular complexity index is 458. The van der Waals surface area contributed by atoms with E-state index >= 15 is 0 Å². The second-order valence-corrected chi connectivity index (χ2v) is 5.61. The Morgan fingerprint density at radius 2 is 2.06 bits per heavy atom. The van der Waals surface area contributed by atoms with Crippen molar-refractivity contribution in [2.75, 3.05) is 13.2 Å². The van der Waals surface area contributed by atoms with Gasteiger partial charge in [0, 0.05) is 13.0 Å². The molecule has 0 aliphatic carbocycles. The molecule has 1 aromatic rings. The second kappa shape index (κ2) is 5.16. The summed E-state index contributed by atoms with van der Waals surface area (Å²) in [5.41, 5.74) is 1.10. The van der Waals surface area contributed by atoms with Crippen molar-refractivity contribution >= 4 is 10.1 Å². The topological polar surface area (TPSA) is 52.6 Å². The van der Waals surface area contributed by atoms with Gasteiger partial charge in [-0.1, -0.05) is 19.1 Å². The van der Waals surface area contributed by atoms with E-state index in [1.807, 2.05) is 6.92 Å². The van der Waals surface area contributed by atoms with Crippen LogP contribution < -0.4 is 0 Å². The van der Waals surface area contributed by atoms with Crippen molar-refractivity contribution in [1.82, 2.24) is 0 Å². The van der Waals surface area contributed by atoms with Crippen LogP contribution in [-0.2, 0) is 25.5 Å². The summed E-state index contributed by atoms with van der Waals surface area (Å²) in [6, 6.07) is 6.79. The highest BCUT2D eigenvalue weighted by molar-refractivity contribution is 7.86. The zero-order valence-electron chi connectivity index (χ0n) is 9.76. The number of benzene rings is 1. The van der Waals surface area contributed by atoms with E-state index in [4.69, 9.17) is 8.92 Å². The van der Waals surface area contributed by atoms with Gasteiger partial charge in [-0.05, 0) is 24.1 Å². The molecule has 17 heavy (non-hydrogen) atoms. The van der Waals surface area contributed by atoms with Gasteiger partial charge in [0.15, 0.2) is 0 Å². The predicted molar refractivity (Wildman–Crippen MR) is 63.3 cm³/mol. The second-order valence-electron chi connectivity index (χ2n) is 4.03. The van der Waals surface area contributed by atoms with Crippen molar-refractivity contribution in [1.29, 1.82) is 0 Å². The molecule has 0 unspecified atom stereocenters. The summed E-state index contributed by atoms with van der Waals surface area (Å²) in [5.74, 6) is 0. The van der Waals surface area contributed by atoms with Crippen LogP contribution in [0.1, 0.15) is 18.9 Å². The van der Waals surface area contributed by atoms with Crippen molar-refractivity contribution < 1.29 is 17.3 Å². The number of hydrogen-bond donors (Lipinski definition) is 0. The van der Waals surface area contributed by atoms with Crippen LogP contribution in [-0.4, -0.2) is 27.7 Å². The minimum Gasteiger partial charge on any atom is -0.379 e. The molecule has 0 saturated carbocycles. The van der Waals surface area contributed by atoms with Gasteiger partial charge >= 0.3 is 0 Å². The van der Waals surface area contributed by atoms with Gasteiger partial charge < -0.3 is 4.74 Å². The first kappa shape index (κ1) is 12.5. The van der Waals surface area contributed by atoms with Crippen molar-refractivity contribution in [3.05, 3.63) is 29.8 Å². The third-order valence-electron chi connectivity index (χ3n) is 2.77. The summed E-state index contributed by atoms with van der Waals surface area (Å²) in [7, 11) is -3.65. The van der Waals surface area contributed by atoms with E-state index in [9.17, 15) is 8.42 Å². The van der Waals surface area contributed by atoms with Crippen molar-refractivity contribution in [3.63, 3.8) is 0 Å². The molecule has 0 radical (unpaired) electrons. The fourth-order valence-electron chi connectivity index (χ4n) is 1.72. The smallest absolute Gasteiger partial charge is 0.297 e. The lowest BCUT2D eigenvalue weighted by Crippen LogP contribution is -2.18. The van der Waals surface area contributed by atoms with Crippen LogP contribution >= 0.6 is 0 Å². The van der Waals surface area contributed by atoms with Crippen LogP contribution in [0.4, 0.5) is 0 Å². The van der Waals surface area contributed by atoms with Crippen LogP contribution in [0.25, 0.3) is 0 Å². The maximum atomic E-state index is 11.9. The molecule has 0 spiro atoms. The first-order valence-corrected chi connectivity index (χ1v) is 7.12. The molecule has 0 amide bonds. The lowest BCUT2D eigenvalue weighted by atomic mass is 10.2. The first-order chi connectivity index (χ1) is 8.12. The monoisotopic (exact) mass is 256 g/mol. The number of rotatable bonds is 4. The maximum absolute atomic E-state index is 11.9. The minimum atomic E-state index is -3.65. The van der Waals surface area contributed by atoms with Crippen LogP contribution in [0.2, 0.25) is 0 Å².